The van der Waals surface area contributed by atoms with Crippen molar-refractivity contribution in [2.75, 3.05) is 18.1 Å². The zero-order valence-corrected chi connectivity index (χ0v) is 13.6. The van der Waals surface area contributed by atoms with Crippen LogP contribution in [0.5, 0.6) is 11.6 Å². The van der Waals surface area contributed by atoms with Crippen LogP contribution < -0.4 is 10.1 Å². The molecule has 0 aliphatic carbocycles. The van der Waals surface area contributed by atoms with Gasteiger partial charge in [-0.2, -0.15) is 4.98 Å². The molecule has 0 aromatic carbocycles. The van der Waals surface area contributed by atoms with Crippen molar-refractivity contribution in [3.63, 3.8) is 0 Å². The van der Waals surface area contributed by atoms with Gasteiger partial charge in [-0.3, -0.25) is 4.98 Å². The summed E-state index contributed by atoms with van der Waals surface area (Å²) < 4.78 is 5.92. The van der Waals surface area contributed by atoms with E-state index >= 15 is 0 Å². The van der Waals surface area contributed by atoms with Gasteiger partial charge in [0, 0.05) is 18.3 Å². The summed E-state index contributed by atoms with van der Waals surface area (Å²) in [6.45, 7) is 6.87. The molecule has 0 fully saturated rings. The van der Waals surface area contributed by atoms with Gasteiger partial charge in [-0.1, -0.05) is 18.7 Å². The van der Waals surface area contributed by atoms with Crippen molar-refractivity contribution in [1.82, 2.24) is 15.0 Å². The van der Waals surface area contributed by atoms with Crippen LogP contribution in [0.1, 0.15) is 25.2 Å². The van der Waals surface area contributed by atoms with E-state index in [0.29, 0.717) is 11.0 Å². The van der Waals surface area contributed by atoms with Gasteiger partial charge < -0.3 is 10.1 Å². The Kier molecular flexibility index (Phi) is 5.38. The van der Waals surface area contributed by atoms with Crippen LogP contribution in [0.3, 0.4) is 0 Å². The Morgan fingerprint density at radius 2 is 2.00 bits per heavy atom. The smallest absolute Gasteiger partial charge is 0.225 e. The molecule has 0 unspecified atom stereocenters. The normalized spacial score (nSPS) is 10.5. The van der Waals surface area contributed by atoms with Crippen molar-refractivity contribution in [2.45, 2.75) is 32.3 Å². The van der Waals surface area contributed by atoms with Crippen LogP contribution in [-0.4, -0.2) is 27.8 Å². The molecule has 5 nitrogen and oxygen atoms in total. The average Bonchev–Trinajstić information content (AvgIpc) is 2.49. The van der Waals surface area contributed by atoms with E-state index in [0.717, 1.165) is 35.9 Å². The molecule has 0 spiro atoms. The van der Waals surface area contributed by atoms with Crippen LogP contribution in [0.25, 0.3) is 0 Å². The molecule has 2 heterocycles. The highest BCUT2D eigenvalue weighted by Gasteiger charge is 2.09. The van der Waals surface area contributed by atoms with E-state index < -0.39 is 0 Å². The lowest BCUT2D eigenvalue weighted by molar-refractivity contribution is 0.447. The first kappa shape index (κ1) is 15.6. The number of hydrogen-bond donors (Lipinski definition) is 1. The van der Waals surface area contributed by atoms with Gasteiger partial charge in [0.05, 0.1) is 5.69 Å². The quantitative estimate of drug-likeness (QED) is 0.649. The van der Waals surface area contributed by atoms with Gasteiger partial charge in [-0.15, -0.1) is 0 Å². The van der Waals surface area contributed by atoms with Gasteiger partial charge in [-0.05, 0) is 38.7 Å². The third-order valence-corrected chi connectivity index (χ3v) is 3.39. The van der Waals surface area contributed by atoms with Gasteiger partial charge in [0.15, 0.2) is 10.9 Å². The summed E-state index contributed by atoms with van der Waals surface area (Å²) >= 11 is 1.49. The summed E-state index contributed by atoms with van der Waals surface area (Å²) in [4.78, 5) is 13.3. The molecule has 112 valence electrons. The minimum absolute atomic E-state index is 0.533. The Morgan fingerprint density at radius 1 is 1.19 bits per heavy atom. The largest absolute Gasteiger partial charge is 0.437 e. The lowest BCUT2D eigenvalue weighted by Gasteiger charge is -2.11. The van der Waals surface area contributed by atoms with Crippen molar-refractivity contribution in [3.8, 4) is 11.6 Å². The topological polar surface area (TPSA) is 59.9 Å². The van der Waals surface area contributed by atoms with E-state index in [4.69, 9.17) is 4.74 Å². The Hall–Kier alpha value is -1.82. The number of thioether (sulfide) groups is 1. The van der Waals surface area contributed by atoms with Crippen LogP contribution in [-0.2, 0) is 6.42 Å². The second-order valence-electron chi connectivity index (χ2n) is 4.46. The third kappa shape index (κ3) is 4.07. The SMILES string of the molecule is CCNc1cc(Oc2ccc(C)nc2CC)nc(SC)n1. The van der Waals surface area contributed by atoms with Crippen molar-refractivity contribution in [1.29, 1.82) is 0 Å². The molecule has 0 atom stereocenters. The van der Waals surface area contributed by atoms with E-state index in [1.165, 1.54) is 11.8 Å². The van der Waals surface area contributed by atoms with E-state index in [-0.39, 0.29) is 0 Å². The molecule has 0 aliphatic heterocycles. The standard InChI is InChI=1S/C15H20N4OS/c1-5-11-12(8-7-10(3)17-11)20-14-9-13(16-6-2)18-15(19-14)21-4/h7-9H,5-6H2,1-4H3,(H,16,18,19). The highest BCUT2D eigenvalue weighted by molar-refractivity contribution is 7.98. The Morgan fingerprint density at radius 3 is 2.67 bits per heavy atom. The first-order valence-electron chi connectivity index (χ1n) is 6.97. The lowest BCUT2D eigenvalue weighted by Crippen LogP contribution is -2.03. The van der Waals surface area contributed by atoms with Gasteiger partial charge in [0.25, 0.3) is 0 Å². The molecule has 0 amide bonds. The van der Waals surface area contributed by atoms with Gasteiger partial charge in [0.1, 0.15) is 5.82 Å². The monoisotopic (exact) mass is 304 g/mol. The third-order valence-electron chi connectivity index (χ3n) is 2.84. The van der Waals surface area contributed by atoms with Crippen LogP contribution in [0.4, 0.5) is 5.82 Å². The number of nitrogens with zero attached hydrogens (tertiary/aromatic N) is 3. The van der Waals surface area contributed by atoms with Crippen molar-refractivity contribution in [3.05, 3.63) is 29.6 Å². The van der Waals surface area contributed by atoms with E-state index in [1.807, 2.05) is 38.3 Å². The molecule has 2 aromatic heterocycles. The number of rotatable bonds is 6. The molecule has 0 aliphatic rings. The highest BCUT2D eigenvalue weighted by Crippen LogP contribution is 2.26. The van der Waals surface area contributed by atoms with Crippen LogP contribution in [0.15, 0.2) is 23.4 Å². The number of hydrogen-bond acceptors (Lipinski definition) is 6. The van der Waals surface area contributed by atoms with Gasteiger partial charge in [-0.25, -0.2) is 4.98 Å². The van der Waals surface area contributed by atoms with E-state index in [9.17, 15) is 0 Å². The number of aromatic nitrogens is 3. The molecular weight excluding hydrogens is 284 g/mol. The summed E-state index contributed by atoms with van der Waals surface area (Å²) in [5.74, 6) is 2.05. The average molecular weight is 304 g/mol. The molecule has 0 saturated heterocycles. The highest BCUT2D eigenvalue weighted by atomic mass is 32.2. The van der Waals surface area contributed by atoms with E-state index in [1.54, 1.807) is 0 Å². The Bertz CT molecular complexity index is 619. The molecule has 0 radical (unpaired) electrons. The summed E-state index contributed by atoms with van der Waals surface area (Å²) in [6.07, 6.45) is 2.76. The fraction of sp³-hybridized carbons (Fsp3) is 0.400. The predicted octanol–water partition coefficient (Wildman–Crippen LogP) is 3.69. The number of nitrogens with one attached hydrogen (secondary N) is 1. The molecule has 2 aromatic rings. The lowest BCUT2D eigenvalue weighted by atomic mass is 10.2. The first-order chi connectivity index (χ1) is 10.2. The molecule has 21 heavy (non-hydrogen) atoms. The fourth-order valence-electron chi connectivity index (χ4n) is 1.88. The second kappa shape index (κ2) is 7.26. The van der Waals surface area contributed by atoms with Crippen LogP contribution in [0, 0.1) is 6.92 Å². The zero-order valence-electron chi connectivity index (χ0n) is 12.8. The van der Waals surface area contributed by atoms with Gasteiger partial charge >= 0.3 is 0 Å². The van der Waals surface area contributed by atoms with Crippen molar-refractivity contribution < 1.29 is 4.74 Å². The molecule has 2 rings (SSSR count). The minimum Gasteiger partial charge on any atom is -0.437 e. The number of aryl methyl sites for hydroxylation is 2. The van der Waals surface area contributed by atoms with Crippen LogP contribution in [0.2, 0.25) is 0 Å². The summed E-state index contributed by atoms with van der Waals surface area (Å²) in [7, 11) is 0. The van der Waals surface area contributed by atoms with E-state index in [2.05, 4.69) is 27.2 Å². The molecule has 0 bridgehead atoms. The van der Waals surface area contributed by atoms with Crippen molar-refractivity contribution in [2.24, 2.45) is 0 Å². The number of pyridine rings is 1. The minimum atomic E-state index is 0.533. The maximum absolute atomic E-state index is 5.92. The first-order valence-corrected chi connectivity index (χ1v) is 8.20. The molecule has 1 N–H and O–H groups in total. The number of ether oxygens (including phenoxy) is 1. The Labute approximate surface area is 129 Å². The maximum atomic E-state index is 5.92. The Balaban J connectivity index is 2.32. The zero-order chi connectivity index (χ0) is 15.2. The summed E-state index contributed by atoms with van der Waals surface area (Å²) in [5.41, 5.74) is 1.92. The molecule has 6 heteroatoms. The maximum Gasteiger partial charge on any atom is 0.225 e. The summed E-state index contributed by atoms with van der Waals surface area (Å²) in [5, 5.41) is 3.87. The second-order valence-corrected chi connectivity index (χ2v) is 5.23. The number of anilines is 1. The van der Waals surface area contributed by atoms with Gasteiger partial charge in [0.2, 0.25) is 5.88 Å². The predicted molar refractivity (Wildman–Crippen MR) is 86.4 cm³/mol. The molecule has 0 saturated carbocycles. The van der Waals surface area contributed by atoms with Crippen molar-refractivity contribution >= 4 is 17.6 Å². The fourth-order valence-corrected chi connectivity index (χ4v) is 2.25. The van der Waals surface area contributed by atoms with Crippen LogP contribution >= 0.6 is 11.8 Å². The summed E-state index contributed by atoms with van der Waals surface area (Å²) in [6, 6.07) is 5.69. The molecular formula is C15H20N4OS.